The zero-order valence-corrected chi connectivity index (χ0v) is 25.7. The van der Waals surface area contributed by atoms with Crippen LogP contribution in [0.15, 0.2) is 156 Å². The molecule has 0 radical (unpaired) electrons. The molecule has 8 aromatic carbocycles. The zero-order chi connectivity index (χ0) is 31.3. The number of aromatic nitrogens is 3. The van der Waals surface area contributed by atoms with Crippen molar-refractivity contribution in [3.63, 3.8) is 0 Å². The molecule has 0 fully saturated rings. The van der Waals surface area contributed by atoms with Crippen LogP contribution >= 0.6 is 0 Å². The van der Waals surface area contributed by atoms with Gasteiger partial charge in [0.1, 0.15) is 11.2 Å². The van der Waals surface area contributed by atoms with Crippen LogP contribution < -0.4 is 0 Å². The molecule has 0 bridgehead atoms. The first kappa shape index (κ1) is 25.6. The first-order chi connectivity index (χ1) is 23.8. The third-order valence-corrected chi connectivity index (χ3v) is 9.97. The Morgan fingerprint density at radius 3 is 2.02 bits per heavy atom. The second-order valence-electron chi connectivity index (χ2n) is 12.6. The fourth-order valence-electron chi connectivity index (χ4n) is 7.79. The third kappa shape index (κ3) is 3.49. The topological polar surface area (TPSA) is 43.9 Å². The predicted molar refractivity (Wildman–Crippen MR) is 199 cm³/mol. The van der Waals surface area contributed by atoms with E-state index in [4.69, 9.17) is 14.4 Å². The van der Waals surface area contributed by atoms with Gasteiger partial charge in [0, 0.05) is 43.3 Å². The van der Waals surface area contributed by atoms with Gasteiger partial charge in [0.2, 0.25) is 5.95 Å². The molecule has 3 heterocycles. The van der Waals surface area contributed by atoms with Crippen molar-refractivity contribution < 1.29 is 4.42 Å². The summed E-state index contributed by atoms with van der Waals surface area (Å²) in [6.45, 7) is 0. The summed E-state index contributed by atoms with van der Waals surface area (Å²) in [5, 5.41) is 12.6. The molecule has 0 amide bonds. The summed E-state index contributed by atoms with van der Waals surface area (Å²) in [6, 6.07) is 53.6. The van der Waals surface area contributed by atoms with Crippen LogP contribution in [0.4, 0.5) is 0 Å². The Hall–Kier alpha value is -6.52. The molecule has 3 aromatic heterocycles. The highest BCUT2D eigenvalue weighted by Gasteiger charge is 2.21. The van der Waals surface area contributed by atoms with Gasteiger partial charge in [0.05, 0.1) is 22.2 Å². The van der Waals surface area contributed by atoms with E-state index < -0.39 is 0 Å². The van der Waals surface area contributed by atoms with Gasteiger partial charge < -0.3 is 4.42 Å². The lowest BCUT2D eigenvalue weighted by Gasteiger charge is -2.14. The second kappa shape index (κ2) is 9.50. The Morgan fingerprint density at radius 2 is 1.10 bits per heavy atom. The fraction of sp³-hybridized carbons (Fsp3) is 0. The molecule has 222 valence electrons. The van der Waals surface area contributed by atoms with Gasteiger partial charge >= 0.3 is 0 Å². The molecule has 0 aliphatic rings. The van der Waals surface area contributed by atoms with Crippen LogP contribution in [0.5, 0.6) is 0 Å². The lowest BCUT2D eigenvalue weighted by atomic mass is 9.98. The quantitative estimate of drug-likeness (QED) is 0.183. The molecule has 0 saturated carbocycles. The minimum Gasteiger partial charge on any atom is -0.456 e. The number of furan rings is 1. The van der Waals surface area contributed by atoms with E-state index in [1.165, 1.54) is 21.5 Å². The lowest BCUT2D eigenvalue weighted by molar-refractivity contribution is 0.669. The predicted octanol–water partition coefficient (Wildman–Crippen LogP) is 11.8. The number of hydrogen-bond donors (Lipinski definition) is 0. The maximum absolute atomic E-state index is 6.25. The van der Waals surface area contributed by atoms with Crippen LogP contribution in [0.1, 0.15) is 0 Å². The van der Waals surface area contributed by atoms with E-state index in [0.29, 0.717) is 5.95 Å². The number of benzene rings is 8. The first-order valence-corrected chi connectivity index (χ1v) is 16.3. The first-order valence-electron chi connectivity index (χ1n) is 16.3. The maximum atomic E-state index is 6.25. The molecule has 0 spiro atoms. The highest BCUT2D eigenvalue weighted by atomic mass is 16.3. The molecule has 48 heavy (non-hydrogen) atoms. The van der Waals surface area contributed by atoms with Crippen LogP contribution in [-0.4, -0.2) is 14.5 Å². The molecule has 11 aromatic rings. The molecule has 0 unspecified atom stereocenters. The maximum Gasteiger partial charge on any atom is 0.235 e. The largest absolute Gasteiger partial charge is 0.456 e. The summed E-state index contributed by atoms with van der Waals surface area (Å²) in [6.07, 6.45) is 0. The van der Waals surface area contributed by atoms with Gasteiger partial charge in [-0.2, -0.15) is 0 Å². The molecule has 4 heteroatoms. The van der Waals surface area contributed by atoms with E-state index in [1.54, 1.807) is 0 Å². The van der Waals surface area contributed by atoms with Crippen LogP contribution in [0, 0.1) is 0 Å². The van der Waals surface area contributed by atoms with Crippen molar-refractivity contribution in [3.8, 4) is 17.2 Å². The summed E-state index contributed by atoms with van der Waals surface area (Å²) < 4.78 is 8.53. The van der Waals surface area contributed by atoms with Gasteiger partial charge in [-0.25, -0.2) is 9.97 Å². The van der Waals surface area contributed by atoms with Crippen molar-refractivity contribution in [3.05, 3.63) is 152 Å². The van der Waals surface area contributed by atoms with Gasteiger partial charge in [0.15, 0.2) is 0 Å². The number of nitrogens with zero attached hydrogens (tertiary/aromatic N) is 3. The summed E-state index contributed by atoms with van der Waals surface area (Å²) in [4.78, 5) is 10.8. The van der Waals surface area contributed by atoms with Crippen LogP contribution in [0.25, 0.3) is 104 Å². The Morgan fingerprint density at radius 1 is 0.417 bits per heavy atom. The standard InChI is InChI=1S/C44H25N3O/c1-2-11-27(12-3-1)41-35-21-18-26-10-4-5-13-29(26)42(35)46-44(45-41)47-38-16-8-6-14-31(38)34-23-22-30-33(43(34)47)20-19-28-24-40-37(25-36(28)30)32-15-7-9-17-39(32)48-40/h1-25H. The van der Waals surface area contributed by atoms with Crippen LogP contribution in [0.3, 0.4) is 0 Å². The Kier molecular flexibility index (Phi) is 5.08. The van der Waals surface area contributed by atoms with Crippen molar-refractivity contribution >= 4 is 87.0 Å². The molecule has 11 rings (SSSR count). The van der Waals surface area contributed by atoms with Crippen molar-refractivity contribution in [2.75, 3.05) is 0 Å². The average Bonchev–Trinajstić information content (AvgIpc) is 3.69. The van der Waals surface area contributed by atoms with Crippen LogP contribution in [-0.2, 0) is 0 Å². The molecule has 0 N–H and O–H groups in total. The van der Waals surface area contributed by atoms with E-state index in [2.05, 4.69) is 138 Å². The highest BCUT2D eigenvalue weighted by Crippen LogP contribution is 2.41. The minimum absolute atomic E-state index is 0.660. The second-order valence-corrected chi connectivity index (χ2v) is 12.6. The van der Waals surface area contributed by atoms with E-state index in [-0.39, 0.29) is 0 Å². The van der Waals surface area contributed by atoms with Crippen LogP contribution in [0.2, 0.25) is 0 Å². The Bertz CT molecular complexity index is 3120. The third-order valence-electron chi connectivity index (χ3n) is 9.97. The van der Waals surface area contributed by atoms with Crippen molar-refractivity contribution in [2.24, 2.45) is 0 Å². The van der Waals surface area contributed by atoms with E-state index in [9.17, 15) is 0 Å². The molecule has 0 aliphatic heterocycles. The molecule has 0 aliphatic carbocycles. The molecular weight excluding hydrogens is 587 g/mol. The van der Waals surface area contributed by atoms with Gasteiger partial charge in [-0.15, -0.1) is 0 Å². The molecular formula is C44H25N3O. The van der Waals surface area contributed by atoms with Gasteiger partial charge in [-0.1, -0.05) is 121 Å². The average molecular weight is 612 g/mol. The van der Waals surface area contributed by atoms with Crippen molar-refractivity contribution in [1.82, 2.24) is 14.5 Å². The smallest absolute Gasteiger partial charge is 0.235 e. The Labute approximate surface area is 274 Å². The van der Waals surface area contributed by atoms with Gasteiger partial charge in [0.25, 0.3) is 0 Å². The van der Waals surface area contributed by atoms with Gasteiger partial charge in [-0.05, 0) is 51.9 Å². The minimum atomic E-state index is 0.660. The van der Waals surface area contributed by atoms with E-state index in [1.807, 2.05) is 18.2 Å². The monoisotopic (exact) mass is 611 g/mol. The fourth-order valence-corrected chi connectivity index (χ4v) is 7.79. The summed E-state index contributed by atoms with van der Waals surface area (Å²) in [7, 11) is 0. The zero-order valence-electron chi connectivity index (χ0n) is 25.7. The number of para-hydroxylation sites is 2. The lowest BCUT2D eigenvalue weighted by Crippen LogP contribution is -2.04. The highest BCUT2D eigenvalue weighted by molar-refractivity contribution is 6.25. The van der Waals surface area contributed by atoms with Crippen molar-refractivity contribution in [2.45, 2.75) is 0 Å². The normalized spacial score (nSPS) is 12.2. The number of rotatable bonds is 2. The molecule has 0 saturated heterocycles. The van der Waals surface area contributed by atoms with E-state index in [0.717, 1.165) is 76.7 Å². The summed E-state index contributed by atoms with van der Waals surface area (Å²) >= 11 is 0. The molecule has 4 nitrogen and oxygen atoms in total. The summed E-state index contributed by atoms with van der Waals surface area (Å²) in [5.41, 5.74) is 6.93. The molecule has 0 atom stereocenters. The number of fused-ring (bicyclic) bond motifs is 13. The van der Waals surface area contributed by atoms with E-state index >= 15 is 0 Å². The SMILES string of the molecule is c1ccc(-c2nc(-n3c4ccccc4c4ccc5c6cc7c(cc6ccc5c43)oc3ccccc37)nc3c2ccc2ccccc23)cc1. The Balaban J connectivity index is 1.30. The summed E-state index contributed by atoms with van der Waals surface area (Å²) in [5.74, 6) is 0.660. The van der Waals surface area contributed by atoms with Gasteiger partial charge in [-0.3, -0.25) is 4.57 Å². The number of hydrogen-bond acceptors (Lipinski definition) is 3. The van der Waals surface area contributed by atoms with Crippen molar-refractivity contribution in [1.29, 1.82) is 0 Å².